The number of hydrogen-bond acceptors (Lipinski definition) is 6. The van der Waals surface area contributed by atoms with Crippen LogP contribution in [0.4, 0.5) is 0 Å². The predicted molar refractivity (Wildman–Crippen MR) is 138 cm³/mol. The van der Waals surface area contributed by atoms with Crippen molar-refractivity contribution in [3.05, 3.63) is 60.9 Å². The van der Waals surface area contributed by atoms with Crippen LogP contribution in [0.2, 0.25) is 0 Å². The van der Waals surface area contributed by atoms with Gasteiger partial charge in [0, 0.05) is 12.0 Å². The molecule has 3 aromatic rings. The zero-order valence-electron chi connectivity index (χ0n) is 21.0. The smallest absolute Gasteiger partial charge is 0.306 e. The topological polar surface area (TPSA) is 70.5 Å². The van der Waals surface area contributed by atoms with Gasteiger partial charge in [-0.1, -0.05) is 69.5 Å². The average molecular weight is 477 g/mol. The van der Waals surface area contributed by atoms with Crippen molar-refractivity contribution in [2.24, 2.45) is 0 Å². The van der Waals surface area contributed by atoms with Crippen LogP contribution in [0, 0.1) is 0 Å². The van der Waals surface area contributed by atoms with E-state index in [0.29, 0.717) is 31.2 Å². The summed E-state index contributed by atoms with van der Waals surface area (Å²) in [5.74, 6) is 1.93. The molecule has 0 aliphatic heterocycles. The van der Waals surface area contributed by atoms with E-state index < -0.39 is 0 Å². The summed E-state index contributed by atoms with van der Waals surface area (Å²) in [5, 5.41) is 0. The summed E-state index contributed by atoms with van der Waals surface area (Å²) in [7, 11) is 0. The fourth-order valence-electron chi connectivity index (χ4n) is 3.55. The molecular weight excluding hydrogens is 440 g/mol. The molecule has 1 heterocycles. The van der Waals surface area contributed by atoms with Gasteiger partial charge >= 0.3 is 5.97 Å². The van der Waals surface area contributed by atoms with Crippen molar-refractivity contribution >= 4 is 5.97 Å². The summed E-state index contributed by atoms with van der Waals surface area (Å²) in [6.45, 7) is 7.01. The molecule has 0 radical (unpaired) electrons. The minimum absolute atomic E-state index is 0.185. The third-order valence-electron chi connectivity index (χ3n) is 5.50. The number of esters is 1. The Balaban J connectivity index is 1.50. The minimum atomic E-state index is -0.282. The molecule has 1 atom stereocenters. The largest absolute Gasteiger partial charge is 0.490 e. The minimum Gasteiger partial charge on any atom is -0.490 e. The third-order valence-corrected chi connectivity index (χ3v) is 5.50. The maximum Gasteiger partial charge on any atom is 0.306 e. The van der Waals surface area contributed by atoms with E-state index in [1.165, 1.54) is 19.3 Å². The Morgan fingerprint density at radius 1 is 0.771 bits per heavy atom. The number of aromatic nitrogens is 2. The highest BCUT2D eigenvalue weighted by Gasteiger charge is 2.10. The number of nitrogens with zero attached hydrogens (tertiary/aromatic N) is 2. The Morgan fingerprint density at radius 3 is 2.03 bits per heavy atom. The molecule has 6 nitrogen and oxygen atoms in total. The van der Waals surface area contributed by atoms with Crippen LogP contribution in [0.15, 0.2) is 60.9 Å². The molecule has 186 valence electrons. The van der Waals surface area contributed by atoms with E-state index >= 15 is 0 Å². The van der Waals surface area contributed by atoms with Gasteiger partial charge in [-0.15, -0.1) is 0 Å². The third kappa shape index (κ3) is 8.71. The first kappa shape index (κ1) is 26.2. The van der Waals surface area contributed by atoms with Gasteiger partial charge in [0.2, 0.25) is 0 Å². The number of carbonyl (C=O) groups excluding carboxylic acids is 1. The molecule has 0 saturated carbocycles. The van der Waals surface area contributed by atoms with E-state index in [4.69, 9.17) is 14.2 Å². The zero-order valence-corrected chi connectivity index (χ0v) is 21.0. The van der Waals surface area contributed by atoms with Crippen LogP contribution in [-0.4, -0.2) is 35.3 Å². The number of rotatable bonds is 14. The van der Waals surface area contributed by atoms with Crippen molar-refractivity contribution in [2.45, 2.75) is 65.4 Å². The highest BCUT2D eigenvalue weighted by molar-refractivity contribution is 5.69. The standard InChI is InChI=1S/C29H36N2O4/c1-4-6-7-8-18-33-27-19-30-29(31-20-27)25-12-10-23(11-13-25)24-14-16-26(17-15-24)34-21-22(3)35-28(32)9-5-2/h10-17,19-20,22H,4-9,18,21H2,1-3H3. The van der Waals surface area contributed by atoms with E-state index in [2.05, 4.69) is 29.0 Å². The van der Waals surface area contributed by atoms with Gasteiger partial charge in [-0.25, -0.2) is 9.97 Å². The second-order valence-corrected chi connectivity index (χ2v) is 8.61. The maximum atomic E-state index is 11.6. The van der Waals surface area contributed by atoms with Crippen molar-refractivity contribution in [1.29, 1.82) is 0 Å². The Labute approximate surface area is 208 Å². The summed E-state index contributed by atoms with van der Waals surface area (Å²) >= 11 is 0. The van der Waals surface area contributed by atoms with Crippen LogP contribution in [0.3, 0.4) is 0 Å². The molecule has 0 aliphatic rings. The fraction of sp³-hybridized carbons (Fsp3) is 0.414. The van der Waals surface area contributed by atoms with E-state index in [9.17, 15) is 4.79 Å². The van der Waals surface area contributed by atoms with Crippen molar-refractivity contribution in [1.82, 2.24) is 9.97 Å². The van der Waals surface area contributed by atoms with Crippen LogP contribution < -0.4 is 9.47 Å². The molecule has 0 N–H and O–H groups in total. The van der Waals surface area contributed by atoms with Gasteiger partial charge < -0.3 is 14.2 Å². The number of benzene rings is 2. The lowest BCUT2D eigenvalue weighted by atomic mass is 10.0. The fourth-order valence-corrected chi connectivity index (χ4v) is 3.55. The molecule has 0 bridgehead atoms. The highest BCUT2D eigenvalue weighted by atomic mass is 16.6. The van der Waals surface area contributed by atoms with Gasteiger partial charge in [-0.2, -0.15) is 0 Å². The molecule has 1 aromatic heterocycles. The highest BCUT2D eigenvalue weighted by Crippen LogP contribution is 2.25. The molecule has 1 unspecified atom stereocenters. The summed E-state index contributed by atoms with van der Waals surface area (Å²) in [4.78, 5) is 20.5. The van der Waals surface area contributed by atoms with Gasteiger partial charge in [0.25, 0.3) is 0 Å². The van der Waals surface area contributed by atoms with Crippen LogP contribution in [-0.2, 0) is 9.53 Å². The van der Waals surface area contributed by atoms with Crippen molar-refractivity contribution in [2.75, 3.05) is 13.2 Å². The summed E-state index contributed by atoms with van der Waals surface area (Å²) < 4.78 is 16.8. The Bertz CT molecular complexity index is 1020. The monoisotopic (exact) mass is 476 g/mol. The van der Waals surface area contributed by atoms with Crippen molar-refractivity contribution in [3.8, 4) is 34.0 Å². The molecule has 0 spiro atoms. The van der Waals surface area contributed by atoms with Crippen LogP contribution in [0.25, 0.3) is 22.5 Å². The van der Waals surface area contributed by atoms with Crippen molar-refractivity contribution < 1.29 is 19.0 Å². The molecule has 6 heteroatoms. The zero-order chi connectivity index (χ0) is 24.9. The Kier molecular flexibility index (Phi) is 10.6. The number of hydrogen-bond donors (Lipinski definition) is 0. The van der Waals surface area contributed by atoms with Gasteiger partial charge in [-0.3, -0.25) is 4.79 Å². The first-order valence-electron chi connectivity index (χ1n) is 12.6. The molecule has 35 heavy (non-hydrogen) atoms. The first-order valence-corrected chi connectivity index (χ1v) is 12.6. The lowest BCUT2D eigenvalue weighted by molar-refractivity contribution is -0.149. The van der Waals surface area contributed by atoms with Gasteiger partial charge in [0.05, 0.1) is 19.0 Å². The quantitative estimate of drug-likeness (QED) is 0.187. The SMILES string of the molecule is CCCCCCOc1cnc(-c2ccc(-c3ccc(OCC(C)OC(=O)CCC)cc3)cc2)nc1. The Hall–Kier alpha value is -3.41. The van der Waals surface area contributed by atoms with Gasteiger partial charge in [0.1, 0.15) is 18.5 Å². The molecule has 0 saturated heterocycles. The normalized spacial score (nSPS) is 11.6. The lowest BCUT2D eigenvalue weighted by Crippen LogP contribution is -2.21. The molecular formula is C29H36N2O4. The van der Waals surface area contributed by atoms with Crippen LogP contribution in [0.5, 0.6) is 11.5 Å². The van der Waals surface area contributed by atoms with E-state index in [0.717, 1.165) is 35.3 Å². The number of carbonyl (C=O) groups is 1. The number of unbranched alkanes of at least 4 members (excludes halogenated alkanes) is 3. The lowest BCUT2D eigenvalue weighted by Gasteiger charge is -2.14. The number of ether oxygens (including phenoxy) is 3. The van der Waals surface area contributed by atoms with Crippen LogP contribution >= 0.6 is 0 Å². The molecule has 0 aliphatic carbocycles. The first-order chi connectivity index (χ1) is 17.1. The van der Waals surface area contributed by atoms with E-state index in [1.807, 2.05) is 50.2 Å². The van der Waals surface area contributed by atoms with Crippen molar-refractivity contribution in [3.63, 3.8) is 0 Å². The molecule has 0 amide bonds. The molecule has 0 fully saturated rings. The molecule has 3 rings (SSSR count). The van der Waals surface area contributed by atoms with Gasteiger partial charge in [0.15, 0.2) is 11.6 Å². The summed E-state index contributed by atoms with van der Waals surface area (Å²) in [6.07, 6.45) is 9.10. The summed E-state index contributed by atoms with van der Waals surface area (Å²) in [6, 6.07) is 16.0. The van der Waals surface area contributed by atoms with Gasteiger partial charge in [-0.05, 0) is 43.0 Å². The predicted octanol–water partition coefficient (Wildman–Crippen LogP) is 6.88. The maximum absolute atomic E-state index is 11.6. The summed E-state index contributed by atoms with van der Waals surface area (Å²) in [5.41, 5.74) is 3.13. The second kappa shape index (κ2) is 14.1. The second-order valence-electron chi connectivity index (χ2n) is 8.61. The van der Waals surface area contributed by atoms with Crippen LogP contribution in [0.1, 0.15) is 59.3 Å². The molecule has 2 aromatic carbocycles. The van der Waals surface area contributed by atoms with E-state index in [-0.39, 0.29) is 12.1 Å². The Morgan fingerprint density at radius 2 is 1.40 bits per heavy atom. The van der Waals surface area contributed by atoms with E-state index in [1.54, 1.807) is 12.4 Å². The average Bonchev–Trinajstić information content (AvgIpc) is 2.88.